The van der Waals surface area contributed by atoms with Gasteiger partial charge in [-0.2, -0.15) is 0 Å². The molecule has 142 valence electrons. The Kier molecular flexibility index (Phi) is 8.25. The first-order chi connectivity index (χ1) is 12.7. The Hall–Kier alpha value is -2.42. The molecule has 1 heterocycles. The van der Waals surface area contributed by atoms with Crippen LogP contribution in [0.15, 0.2) is 70.3 Å². The third-order valence-corrected chi connectivity index (χ3v) is 3.84. The van der Waals surface area contributed by atoms with Crippen molar-refractivity contribution in [1.29, 1.82) is 0 Å². The number of hydrogen-bond donors (Lipinski definition) is 2. The van der Waals surface area contributed by atoms with Crippen molar-refractivity contribution < 1.29 is 8.81 Å². The number of rotatable bonds is 6. The normalized spacial score (nSPS) is 11.0. The molecule has 3 rings (SSSR count). The number of hydrogen-bond acceptors (Lipinski definition) is 3. The number of aromatic nitrogens is 1. The molecular formula is C20H22FIN4O. The predicted molar refractivity (Wildman–Crippen MR) is 116 cm³/mol. The smallest absolute Gasteiger partial charge is 0.226 e. The maximum Gasteiger partial charge on any atom is 0.226 e. The summed E-state index contributed by atoms with van der Waals surface area (Å²) in [4.78, 5) is 8.65. The average Bonchev–Trinajstić information content (AvgIpc) is 3.15. The Balaban J connectivity index is 0.00000261. The second kappa shape index (κ2) is 10.7. The highest BCUT2D eigenvalue weighted by Gasteiger charge is 2.07. The van der Waals surface area contributed by atoms with E-state index in [2.05, 4.69) is 32.7 Å². The molecule has 3 aromatic rings. The summed E-state index contributed by atoms with van der Waals surface area (Å²) in [7, 11) is 1.74. The van der Waals surface area contributed by atoms with Gasteiger partial charge in [0, 0.05) is 32.1 Å². The minimum atomic E-state index is -0.279. The van der Waals surface area contributed by atoms with Crippen LogP contribution in [0, 0.1) is 5.82 Å². The van der Waals surface area contributed by atoms with Gasteiger partial charge in [0.25, 0.3) is 0 Å². The number of guanidine groups is 1. The van der Waals surface area contributed by atoms with Crippen molar-refractivity contribution >= 4 is 29.9 Å². The molecule has 0 fully saturated rings. The van der Waals surface area contributed by atoms with Gasteiger partial charge < -0.3 is 15.1 Å². The van der Waals surface area contributed by atoms with Crippen molar-refractivity contribution in [3.63, 3.8) is 0 Å². The van der Waals surface area contributed by atoms with E-state index in [-0.39, 0.29) is 29.8 Å². The molecule has 7 heteroatoms. The van der Waals surface area contributed by atoms with E-state index in [9.17, 15) is 4.39 Å². The van der Waals surface area contributed by atoms with Crippen LogP contribution < -0.4 is 10.6 Å². The molecular weight excluding hydrogens is 458 g/mol. The van der Waals surface area contributed by atoms with Crippen LogP contribution in [0.3, 0.4) is 0 Å². The zero-order valence-corrected chi connectivity index (χ0v) is 17.3. The van der Waals surface area contributed by atoms with E-state index in [0.29, 0.717) is 25.4 Å². The van der Waals surface area contributed by atoms with Crippen molar-refractivity contribution in [1.82, 2.24) is 15.6 Å². The minimum Gasteiger partial charge on any atom is -0.444 e. The van der Waals surface area contributed by atoms with Gasteiger partial charge in [-0.05, 0) is 29.8 Å². The largest absolute Gasteiger partial charge is 0.444 e. The van der Waals surface area contributed by atoms with Crippen LogP contribution in [0.4, 0.5) is 4.39 Å². The summed E-state index contributed by atoms with van der Waals surface area (Å²) in [6, 6.07) is 16.2. The molecule has 0 saturated carbocycles. The number of aliphatic imine (C=N–C) groups is 1. The molecule has 5 nitrogen and oxygen atoms in total. The third kappa shape index (κ3) is 6.35. The Morgan fingerprint density at radius 2 is 1.81 bits per heavy atom. The fourth-order valence-corrected chi connectivity index (χ4v) is 2.46. The van der Waals surface area contributed by atoms with Gasteiger partial charge in [0.2, 0.25) is 5.89 Å². The van der Waals surface area contributed by atoms with E-state index in [0.717, 1.165) is 17.2 Å². The topological polar surface area (TPSA) is 62.5 Å². The molecule has 0 aliphatic rings. The monoisotopic (exact) mass is 480 g/mol. The van der Waals surface area contributed by atoms with Gasteiger partial charge in [-0.3, -0.25) is 4.99 Å². The summed E-state index contributed by atoms with van der Waals surface area (Å²) >= 11 is 0. The first-order valence-electron chi connectivity index (χ1n) is 8.43. The van der Waals surface area contributed by atoms with Crippen LogP contribution in [-0.2, 0) is 13.0 Å². The Bertz CT molecular complexity index is 850. The van der Waals surface area contributed by atoms with Crippen LogP contribution in [0.2, 0.25) is 0 Å². The van der Waals surface area contributed by atoms with E-state index < -0.39 is 0 Å². The molecule has 0 aliphatic heterocycles. The lowest BCUT2D eigenvalue weighted by Gasteiger charge is -2.11. The number of halogens is 2. The molecule has 0 unspecified atom stereocenters. The van der Waals surface area contributed by atoms with E-state index in [1.165, 1.54) is 17.7 Å². The molecule has 0 spiro atoms. The van der Waals surface area contributed by atoms with Crippen LogP contribution >= 0.6 is 24.0 Å². The number of nitrogens with zero attached hydrogens (tertiary/aromatic N) is 2. The average molecular weight is 480 g/mol. The predicted octanol–water partition coefficient (Wildman–Crippen LogP) is 4.01. The second-order valence-corrected chi connectivity index (χ2v) is 5.74. The van der Waals surface area contributed by atoms with Crippen molar-refractivity contribution in [2.24, 2.45) is 4.99 Å². The van der Waals surface area contributed by atoms with E-state index in [1.807, 2.05) is 18.2 Å². The summed E-state index contributed by atoms with van der Waals surface area (Å²) in [6.07, 6.45) is 2.32. The summed E-state index contributed by atoms with van der Waals surface area (Å²) in [5, 5.41) is 6.52. The van der Waals surface area contributed by atoms with Gasteiger partial charge in [0.15, 0.2) is 5.96 Å². The first kappa shape index (κ1) is 20.9. The quantitative estimate of drug-likeness (QED) is 0.318. The number of nitrogens with one attached hydrogen (secondary N) is 2. The van der Waals surface area contributed by atoms with Crippen molar-refractivity contribution in [3.05, 3.63) is 77.9 Å². The molecule has 0 aliphatic carbocycles. The maximum atomic E-state index is 13.0. The van der Waals surface area contributed by atoms with Gasteiger partial charge in [0.1, 0.15) is 12.1 Å². The lowest BCUT2D eigenvalue weighted by molar-refractivity contribution is 0.571. The molecule has 2 N–H and O–H groups in total. The van der Waals surface area contributed by atoms with E-state index in [4.69, 9.17) is 4.42 Å². The highest BCUT2D eigenvalue weighted by Crippen LogP contribution is 2.18. The molecule has 0 saturated heterocycles. The molecule has 0 bridgehead atoms. The lowest BCUT2D eigenvalue weighted by Crippen LogP contribution is -2.37. The van der Waals surface area contributed by atoms with Crippen LogP contribution in [-0.4, -0.2) is 24.5 Å². The van der Waals surface area contributed by atoms with Crippen LogP contribution in [0.1, 0.15) is 11.3 Å². The van der Waals surface area contributed by atoms with Gasteiger partial charge >= 0.3 is 0 Å². The third-order valence-electron chi connectivity index (χ3n) is 3.84. The molecule has 0 radical (unpaired) electrons. The summed E-state index contributed by atoms with van der Waals surface area (Å²) in [5.41, 5.74) is 2.78. The van der Waals surface area contributed by atoms with Gasteiger partial charge in [0.05, 0.1) is 5.69 Å². The summed E-state index contributed by atoms with van der Waals surface area (Å²) in [6.45, 7) is 1.38. The van der Waals surface area contributed by atoms with Crippen molar-refractivity contribution in [3.8, 4) is 11.5 Å². The van der Waals surface area contributed by atoms with E-state index >= 15 is 0 Å². The summed E-state index contributed by atoms with van der Waals surface area (Å²) in [5.74, 6) is 0.946. The van der Waals surface area contributed by atoms with E-state index in [1.54, 1.807) is 25.4 Å². The maximum absolute atomic E-state index is 13.0. The minimum absolute atomic E-state index is 0. The van der Waals surface area contributed by atoms with Crippen molar-refractivity contribution in [2.75, 3.05) is 13.6 Å². The highest BCUT2D eigenvalue weighted by atomic mass is 127. The first-order valence-corrected chi connectivity index (χ1v) is 8.43. The SMILES string of the molecule is CN=C(NCCc1coc(-c2ccc(F)cc2)n1)NCc1ccccc1.I. The Labute approximate surface area is 175 Å². The van der Waals surface area contributed by atoms with Crippen LogP contribution in [0.25, 0.3) is 11.5 Å². The van der Waals surface area contributed by atoms with Crippen molar-refractivity contribution in [2.45, 2.75) is 13.0 Å². The van der Waals surface area contributed by atoms with Gasteiger partial charge in [-0.1, -0.05) is 30.3 Å². The van der Waals surface area contributed by atoms with Gasteiger partial charge in [-0.25, -0.2) is 9.37 Å². The number of oxazole rings is 1. The summed E-state index contributed by atoms with van der Waals surface area (Å²) < 4.78 is 18.5. The highest BCUT2D eigenvalue weighted by molar-refractivity contribution is 14.0. The second-order valence-electron chi connectivity index (χ2n) is 5.74. The molecule has 0 atom stereocenters. The molecule has 0 amide bonds. The Morgan fingerprint density at radius 1 is 1.07 bits per heavy atom. The van der Waals surface area contributed by atoms with Gasteiger partial charge in [-0.15, -0.1) is 24.0 Å². The fourth-order valence-electron chi connectivity index (χ4n) is 2.46. The number of benzene rings is 2. The molecule has 1 aromatic heterocycles. The Morgan fingerprint density at radius 3 is 2.52 bits per heavy atom. The molecule has 27 heavy (non-hydrogen) atoms. The lowest BCUT2D eigenvalue weighted by atomic mass is 10.2. The molecule has 2 aromatic carbocycles. The fraction of sp³-hybridized carbons (Fsp3) is 0.200. The zero-order valence-electron chi connectivity index (χ0n) is 15.0. The standard InChI is InChI=1S/C20H21FN4O.HI/c1-22-20(24-13-15-5-3-2-4-6-15)23-12-11-18-14-26-19(25-18)16-7-9-17(21)10-8-16;/h2-10,14H,11-13H2,1H3,(H2,22,23,24);1H. The van der Waals surface area contributed by atoms with Crippen LogP contribution in [0.5, 0.6) is 0 Å². The zero-order chi connectivity index (χ0) is 18.2.